The molecule has 3 aromatic carbocycles. The van der Waals surface area contributed by atoms with Crippen LogP contribution in [0.3, 0.4) is 0 Å². The van der Waals surface area contributed by atoms with Crippen LogP contribution in [0.4, 0.5) is 15.9 Å². The van der Waals surface area contributed by atoms with Gasteiger partial charge < -0.3 is 34.7 Å². The van der Waals surface area contributed by atoms with E-state index < -0.39 is 46.8 Å². The summed E-state index contributed by atoms with van der Waals surface area (Å²) in [5.41, 5.74) is 6.68. The number of fused-ring (bicyclic) bond motifs is 1. The number of nitrogens with two attached hydrogens (primary N) is 1. The fourth-order valence-corrected chi connectivity index (χ4v) is 6.26. The summed E-state index contributed by atoms with van der Waals surface area (Å²) >= 11 is -2.66. The molecule has 4 atom stereocenters. The highest BCUT2D eigenvalue weighted by molar-refractivity contribution is 7.79. The molecule has 5 rings (SSSR count). The van der Waals surface area contributed by atoms with E-state index in [1.165, 1.54) is 38.4 Å². The monoisotopic (exact) mass is 621 g/mol. The number of halogens is 1. The summed E-state index contributed by atoms with van der Waals surface area (Å²) < 4.78 is 55.8. The summed E-state index contributed by atoms with van der Waals surface area (Å²) in [4.78, 5) is 32.9. The summed E-state index contributed by atoms with van der Waals surface area (Å²) in [5.74, 6) is -2.16. The number of nitrogens with one attached hydrogen (secondary N) is 1. The summed E-state index contributed by atoms with van der Waals surface area (Å²) in [7, 11) is 3.99. The lowest BCUT2D eigenvalue weighted by molar-refractivity contribution is -0.147. The highest BCUT2D eigenvalue weighted by Gasteiger charge is 2.46. The van der Waals surface area contributed by atoms with E-state index in [-0.39, 0.29) is 40.5 Å². The van der Waals surface area contributed by atoms with Crippen molar-refractivity contribution >= 4 is 45.2 Å². The van der Waals surface area contributed by atoms with Crippen LogP contribution < -0.4 is 20.5 Å². The van der Waals surface area contributed by atoms with Crippen LogP contribution in [0.25, 0.3) is 10.8 Å². The van der Waals surface area contributed by atoms with E-state index in [1.54, 1.807) is 48.7 Å². The predicted molar refractivity (Wildman–Crippen MR) is 160 cm³/mol. The van der Waals surface area contributed by atoms with Crippen LogP contribution in [0, 0.1) is 11.7 Å². The summed E-state index contributed by atoms with van der Waals surface area (Å²) in [6, 6.07) is 13.2. The average Bonchev–Trinajstić information content (AvgIpc) is 3.48. The molecule has 0 bridgehead atoms. The predicted octanol–water partition coefficient (Wildman–Crippen LogP) is 4.13. The van der Waals surface area contributed by atoms with Crippen molar-refractivity contribution in [2.45, 2.75) is 23.4 Å². The van der Waals surface area contributed by atoms with E-state index in [0.717, 1.165) is 11.5 Å². The Morgan fingerprint density at radius 1 is 1.09 bits per heavy atom. The SMILES string of the molecule is COC(=O)[C@H]1CCN(C(=O)[C@H](Nc2ccc3c(N)nccc3c2)c2cc(OC)c(OC)cc2F)[C@H]1c1ccccc1S(=O)[O-]. The molecule has 1 saturated heterocycles. The van der Waals surface area contributed by atoms with E-state index in [9.17, 15) is 18.4 Å². The first-order valence-electron chi connectivity index (χ1n) is 13.6. The molecule has 0 aliphatic carbocycles. The zero-order valence-electron chi connectivity index (χ0n) is 24.1. The van der Waals surface area contributed by atoms with Gasteiger partial charge in [-0.15, -0.1) is 0 Å². The molecule has 1 fully saturated rings. The molecule has 1 amide bonds. The van der Waals surface area contributed by atoms with Gasteiger partial charge in [0.05, 0.1) is 33.3 Å². The van der Waals surface area contributed by atoms with Gasteiger partial charge in [0.2, 0.25) is 5.91 Å². The first-order valence-corrected chi connectivity index (χ1v) is 14.6. The fourth-order valence-electron chi connectivity index (χ4n) is 5.69. The number of methoxy groups -OCH3 is 3. The molecule has 1 aliphatic rings. The normalized spacial score (nSPS) is 17.6. The standard InChI is InChI=1S/C31H31FN4O7S/c1-41-24-15-22(23(32)16-25(24)42-2)27(35-18-8-9-19-17(14-18)10-12-34-29(19)33)30(37)36-13-11-21(31(38)43-3)28(36)20-6-4-5-7-26(20)44(39)40/h4-10,12,14-16,21,27-28,35H,11,13H2,1-3H3,(H2,33,34)(H,39,40)/p-1/t21-,27+,28-/m0/s1. The topological polar surface area (TPSA) is 156 Å². The van der Waals surface area contributed by atoms with Gasteiger partial charge in [0.15, 0.2) is 11.5 Å². The number of hydrogen-bond donors (Lipinski definition) is 2. The van der Waals surface area contributed by atoms with Crippen LogP contribution in [-0.2, 0) is 25.4 Å². The number of rotatable bonds is 9. The maximum Gasteiger partial charge on any atom is 0.311 e. The third-order valence-corrected chi connectivity index (χ3v) is 8.50. The maximum absolute atomic E-state index is 15.8. The first kappa shape index (κ1) is 30.7. The van der Waals surface area contributed by atoms with Crippen LogP contribution >= 0.6 is 0 Å². The molecule has 0 radical (unpaired) electrons. The fraction of sp³-hybridized carbons (Fsp3) is 0.258. The van der Waals surface area contributed by atoms with E-state index in [1.807, 2.05) is 0 Å². The van der Waals surface area contributed by atoms with Crippen molar-refractivity contribution in [3.8, 4) is 11.5 Å². The number of pyridine rings is 1. The molecule has 1 aromatic heterocycles. The molecule has 4 aromatic rings. The Balaban J connectivity index is 1.64. The average molecular weight is 622 g/mol. The van der Waals surface area contributed by atoms with Crippen molar-refractivity contribution in [3.05, 3.63) is 83.8 Å². The van der Waals surface area contributed by atoms with Crippen molar-refractivity contribution in [2.75, 3.05) is 38.9 Å². The number of nitrogen functional groups attached to an aromatic ring is 1. The molecule has 1 aliphatic heterocycles. The number of aromatic nitrogens is 1. The second kappa shape index (κ2) is 12.9. The molecule has 0 spiro atoms. The van der Waals surface area contributed by atoms with E-state index >= 15 is 4.39 Å². The Hall–Kier alpha value is -4.75. The Kier molecular flexibility index (Phi) is 8.97. The highest BCUT2D eigenvalue weighted by atomic mass is 32.2. The van der Waals surface area contributed by atoms with Crippen LogP contribution in [0.15, 0.2) is 71.8 Å². The van der Waals surface area contributed by atoms with Crippen LogP contribution in [-0.4, -0.2) is 58.4 Å². The van der Waals surface area contributed by atoms with Crippen LogP contribution in [0.1, 0.15) is 29.6 Å². The van der Waals surface area contributed by atoms with Gasteiger partial charge in [-0.25, -0.2) is 9.37 Å². The minimum Gasteiger partial charge on any atom is -0.768 e. The number of likely N-dealkylation sites (tertiary alicyclic amines) is 1. The number of carbonyl (C=O) groups excluding carboxylic acids is 2. The molecule has 0 saturated carbocycles. The molecule has 230 valence electrons. The Morgan fingerprint density at radius 3 is 2.52 bits per heavy atom. The zero-order valence-corrected chi connectivity index (χ0v) is 24.9. The number of anilines is 2. The second-order valence-corrected chi connectivity index (χ2v) is 11.0. The minimum absolute atomic E-state index is 0.0528. The lowest BCUT2D eigenvalue weighted by atomic mass is 9.93. The number of amides is 1. The number of nitrogens with zero attached hydrogens (tertiary/aromatic N) is 2. The van der Waals surface area contributed by atoms with E-state index in [4.69, 9.17) is 19.9 Å². The molecule has 1 unspecified atom stereocenters. The van der Waals surface area contributed by atoms with Gasteiger partial charge in [0.1, 0.15) is 17.7 Å². The molecule has 44 heavy (non-hydrogen) atoms. The Bertz CT molecular complexity index is 1750. The number of ether oxygens (including phenoxy) is 3. The minimum atomic E-state index is -2.66. The largest absolute Gasteiger partial charge is 0.768 e. The lowest BCUT2D eigenvalue weighted by Crippen LogP contribution is -2.40. The summed E-state index contributed by atoms with van der Waals surface area (Å²) in [6.45, 7) is 0.0795. The Labute approximate surface area is 255 Å². The van der Waals surface area contributed by atoms with Gasteiger partial charge in [-0.05, 0) is 64.8 Å². The van der Waals surface area contributed by atoms with E-state index in [2.05, 4.69) is 10.3 Å². The van der Waals surface area contributed by atoms with Crippen molar-refractivity contribution in [2.24, 2.45) is 5.92 Å². The number of benzene rings is 3. The van der Waals surface area contributed by atoms with Gasteiger partial charge >= 0.3 is 5.97 Å². The number of esters is 1. The second-order valence-electron chi connectivity index (χ2n) is 10.1. The van der Waals surface area contributed by atoms with Crippen molar-refractivity contribution in [1.29, 1.82) is 0 Å². The van der Waals surface area contributed by atoms with Crippen LogP contribution in [0.2, 0.25) is 0 Å². The smallest absolute Gasteiger partial charge is 0.311 e. The van der Waals surface area contributed by atoms with Crippen molar-refractivity contribution < 1.29 is 37.0 Å². The highest BCUT2D eigenvalue weighted by Crippen LogP contribution is 2.43. The molecular weight excluding hydrogens is 591 g/mol. The van der Waals surface area contributed by atoms with Gasteiger partial charge in [0, 0.05) is 40.3 Å². The molecule has 2 heterocycles. The first-order chi connectivity index (χ1) is 21.2. The van der Waals surface area contributed by atoms with Crippen LogP contribution in [0.5, 0.6) is 11.5 Å². The summed E-state index contributed by atoms with van der Waals surface area (Å²) in [6.07, 6.45) is 1.75. The zero-order chi connectivity index (χ0) is 31.5. The molecule has 13 heteroatoms. The quantitative estimate of drug-likeness (QED) is 0.206. The third-order valence-electron chi connectivity index (χ3n) is 7.77. The van der Waals surface area contributed by atoms with Crippen molar-refractivity contribution in [3.63, 3.8) is 0 Å². The van der Waals surface area contributed by atoms with Gasteiger partial charge in [-0.2, -0.15) is 0 Å². The third kappa shape index (κ3) is 5.75. The Morgan fingerprint density at radius 2 is 1.82 bits per heavy atom. The maximum atomic E-state index is 15.8. The number of carbonyl (C=O) groups is 2. The number of hydrogen-bond acceptors (Lipinski definition) is 10. The van der Waals surface area contributed by atoms with Gasteiger partial charge in [-0.1, -0.05) is 18.2 Å². The molecule has 11 nitrogen and oxygen atoms in total. The molecule has 3 N–H and O–H groups in total. The van der Waals surface area contributed by atoms with Gasteiger partial charge in [0.25, 0.3) is 0 Å². The summed E-state index contributed by atoms with van der Waals surface area (Å²) in [5, 5.41) is 4.58. The lowest BCUT2D eigenvalue weighted by Gasteiger charge is -2.33. The van der Waals surface area contributed by atoms with E-state index in [0.29, 0.717) is 16.9 Å². The van der Waals surface area contributed by atoms with Crippen molar-refractivity contribution in [1.82, 2.24) is 9.88 Å². The molecular formula is C31H30FN4O7S-. The van der Waals surface area contributed by atoms with Gasteiger partial charge in [-0.3, -0.25) is 13.8 Å².